The van der Waals surface area contributed by atoms with Gasteiger partial charge >= 0.3 is 0 Å². The van der Waals surface area contributed by atoms with Gasteiger partial charge in [-0.1, -0.05) is 29.5 Å². The van der Waals surface area contributed by atoms with Crippen molar-refractivity contribution in [2.24, 2.45) is 0 Å². The molecule has 2 aromatic carbocycles. The molecule has 8 nitrogen and oxygen atoms in total. The van der Waals surface area contributed by atoms with E-state index in [1.807, 2.05) is 25.1 Å². The number of carbonyl (C=O) groups excluding carboxylic acids is 2. The number of Topliss-reactive ketones (excluding diaryl/α,β-unsaturated/α-hetero) is 1. The number of furan rings is 1. The number of methoxy groups -OCH3 is 1. The Morgan fingerprint density at radius 3 is 2.71 bits per heavy atom. The Hall–Kier alpha value is -4.11. The number of aliphatic hydroxyl groups is 1. The number of aliphatic hydroxyl groups excluding tert-OH is 1. The zero-order valence-corrected chi connectivity index (χ0v) is 20.1. The zero-order valence-electron chi connectivity index (χ0n) is 19.3. The minimum atomic E-state index is -0.969. The topological polar surface area (TPSA) is 102 Å². The van der Waals surface area contributed by atoms with Crippen molar-refractivity contribution in [3.8, 4) is 11.5 Å². The lowest BCUT2D eigenvalue weighted by Gasteiger charge is -2.25. The van der Waals surface area contributed by atoms with E-state index >= 15 is 0 Å². The minimum Gasteiger partial charge on any atom is -0.503 e. The number of rotatable bonds is 7. The second-order valence-corrected chi connectivity index (χ2v) is 8.89. The van der Waals surface area contributed by atoms with Crippen LogP contribution in [0, 0.1) is 6.92 Å². The summed E-state index contributed by atoms with van der Waals surface area (Å²) in [7, 11) is 1.51. The highest BCUT2D eigenvalue weighted by Gasteiger charge is 2.47. The van der Waals surface area contributed by atoms with Crippen molar-refractivity contribution in [1.29, 1.82) is 0 Å². The van der Waals surface area contributed by atoms with Crippen LogP contribution in [0.2, 0.25) is 0 Å². The van der Waals surface area contributed by atoms with Gasteiger partial charge in [-0.2, -0.15) is 0 Å². The van der Waals surface area contributed by atoms with Gasteiger partial charge in [0.2, 0.25) is 5.78 Å². The van der Waals surface area contributed by atoms with Gasteiger partial charge in [0.25, 0.3) is 5.91 Å². The number of aromatic nitrogens is 1. The number of carbonyl (C=O) groups is 2. The molecule has 0 spiro atoms. The van der Waals surface area contributed by atoms with E-state index in [0.717, 1.165) is 4.70 Å². The molecule has 1 amide bonds. The number of para-hydroxylation sites is 1. The molecule has 1 N–H and O–H groups in total. The standard InChI is InChI=1S/C26H22N2O6S/c1-4-33-15-10-11-17-20(13-15)35-26(27-17)28-22(16-7-5-6-8-18(16)32-3)21(24(30)25(28)31)23(29)19-12-9-14(2)34-19/h5-13,22,30H,4H2,1-3H3/t22-/m1/s1. The molecule has 2 aromatic heterocycles. The Morgan fingerprint density at radius 2 is 2.00 bits per heavy atom. The second kappa shape index (κ2) is 8.92. The Kier molecular flexibility index (Phi) is 5.78. The van der Waals surface area contributed by atoms with Gasteiger partial charge in [-0.25, -0.2) is 4.98 Å². The summed E-state index contributed by atoms with van der Waals surface area (Å²) >= 11 is 1.27. The molecular weight excluding hydrogens is 468 g/mol. The number of nitrogens with zero attached hydrogens (tertiary/aromatic N) is 2. The fourth-order valence-electron chi connectivity index (χ4n) is 4.16. The Morgan fingerprint density at radius 1 is 1.20 bits per heavy atom. The molecule has 178 valence electrons. The summed E-state index contributed by atoms with van der Waals surface area (Å²) in [5.41, 5.74) is 1.11. The highest BCUT2D eigenvalue weighted by molar-refractivity contribution is 7.22. The number of aryl methyl sites for hydroxylation is 1. The van der Waals surface area contributed by atoms with Gasteiger partial charge in [-0.15, -0.1) is 0 Å². The molecular formula is C26H22N2O6S. The number of fused-ring (bicyclic) bond motifs is 1. The largest absolute Gasteiger partial charge is 0.503 e. The summed E-state index contributed by atoms with van der Waals surface area (Å²) < 4.78 is 17.5. The number of ketones is 1. The highest BCUT2D eigenvalue weighted by atomic mass is 32.1. The van der Waals surface area contributed by atoms with Crippen molar-refractivity contribution in [3.63, 3.8) is 0 Å². The third kappa shape index (κ3) is 3.83. The van der Waals surface area contributed by atoms with E-state index < -0.39 is 23.5 Å². The summed E-state index contributed by atoms with van der Waals surface area (Å²) in [5.74, 6) is -0.225. The maximum Gasteiger partial charge on any atom is 0.296 e. The maximum absolute atomic E-state index is 13.5. The number of anilines is 1. The number of benzene rings is 2. The van der Waals surface area contributed by atoms with Gasteiger partial charge < -0.3 is 19.0 Å². The summed E-state index contributed by atoms with van der Waals surface area (Å²) in [5, 5.41) is 11.3. The molecule has 0 unspecified atom stereocenters. The van der Waals surface area contributed by atoms with Gasteiger partial charge in [0, 0.05) is 5.56 Å². The van der Waals surface area contributed by atoms with E-state index in [4.69, 9.17) is 13.9 Å². The van der Waals surface area contributed by atoms with Crippen LogP contribution in [0.1, 0.15) is 34.8 Å². The summed E-state index contributed by atoms with van der Waals surface area (Å²) in [6.45, 7) is 4.14. The molecule has 3 heterocycles. The number of amides is 1. The van der Waals surface area contributed by atoms with Crippen molar-refractivity contribution >= 4 is 38.4 Å². The van der Waals surface area contributed by atoms with Gasteiger partial charge in [-0.3, -0.25) is 14.5 Å². The lowest BCUT2D eigenvalue weighted by Crippen LogP contribution is -2.31. The number of thiazole rings is 1. The average Bonchev–Trinajstić information content (AvgIpc) is 3.54. The first-order valence-electron chi connectivity index (χ1n) is 11.0. The first-order chi connectivity index (χ1) is 16.9. The van der Waals surface area contributed by atoms with E-state index in [2.05, 4.69) is 4.98 Å². The molecule has 0 fully saturated rings. The SMILES string of the molecule is CCOc1ccc2nc(N3C(=O)C(O)=C(C(=O)c4ccc(C)o4)[C@H]3c3ccccc3OC)sc2c1. The van der Waals surface area contributed by atoms with Gasteiger partial charge in [-0.05, 0) is 50.2 Å². The van der Waals surface area contributed by atoms with E-state index in [1.54, 1.807) is 37.3 Å². The fraction of sp³-hybridized carbons (Fsp3) is 0.192. The summed E-state index contributed by atoms with van der Waals surface area (Å²) in [6.07, 6.45) is 0. The summed E-state index contributed by atoms with van der Waals surface area (Å²) in [6, 6.07) is 14.7. The van der Waals surface area contributed by atoms with Crippen molar-refractivity contribution < 1.29 is 28.6 Å². The van der Waals surface area contributed by atoms with E-state index in [-0.39, 0.29) is 11.3 Å². The predicted molar refractivity (Wildman–Crippen MR) is 131 cm³/mol. The average molecular weight is 491 g/mol. The smallest absolute Gasteiger partial charge is 0.296 e. The predicted octanol–water partition coefficient (Wildman–Crippen LogP) is 5.39. The molecule has 9 heteroatoms. The fourth-order valence-corrected chi connectivity index (χ4v) is 5.18. The van der Waals surface area contributed by atoms with Gasteiger partial charge in [0.1, 0.15) is 23.3 Å². The lowest BCUT2D eigenvalue weighted by molar-refractivity contribution is -0.117. The molecule has 5 rings (SSSR count). The van der Waals surface area contributed by atoms with Crippen LogP contribution in [0.25, 0.3) is 10.2 Å². The maximum atomic E-state index is 13.5. The monoisotopic (exact) mass is 490 g/mol. The van der Waals surface area contributed by atoms with E-state index in [1.165, 1.54) is 29.4 Å². The lowest BCUT2D eigenvalue weighted by atomic mass is 9.94. The van der Waals surface area contributed by atoms with Crippen LogP contribution < -0.4 is 14.4 Å². The molecule has 1 aliphatic rings. The van der Waals surface area contributed by atoms with E-state index in [9.17, 15) is 14.7 Å². The molecule has 0 bridgehead atoms. The van der Waals surface area contributed by atoms with Crippen molar-refractivity contribution in [2.75, 3.05) is 18.6 Å². The van der Waals surface area contributed by atoms with E-state index in [0.29, 0.717) is 40.1 Å². The van der Waals surface area contributed by atoms with Crippen LogP contribution in [-0.4, -0.2) is 35.5 Å². The van der Waals surface area contributed by atoms with Crippen LogP contribution in [0.15, 0.2) is 70.3 Å². The van der Waals surface area contributed by atoms with Crippen molar-refractivity contribution in [2.45, 2.75) is 19.9 Å². The first kappa shape index (κ1) is 22.7. The first-order valence-corrected chi connectivity index (χ1v) is 11.8. The van der Waals surface area contributed by atoms with Crippen LogP contribution in [-0.2, 0) is 4.79 Å². The Labute approximate surface area is 205 Å². The van der Waals surface area contributed by atoms with Crippen LogP contribution in [0.5, 0.6) is 11.5 Å². The third-order valence-electron chi connectivity index (χ3n) is 5.72. The molecule has 0 radical (unpaired) electrons. The minimum absolute atomic E-state index is 0.0317. The molecule has 1 aliphatic heterocycles. The number of hydrogen-bond donors (Lipinski definition) is 1. The Bertz CT molecular complexity index is 1480. The van der Waals surface area contributed by atoms with Crippen molar-refractivity contribution in [3.05, 3.63) is 83.0 Å². The Balaban J connectivity index is 1.67. The van der Waals surface area contributed by atoms with Gasteiger partial charge in [0.05, 0.1) is 29.5 Å². The van der Waals surface area contributed by atoms with Gasteiger partial charge in [0.15, 0.2) is 16.7 Å². The van der Waals surface area contributed by atoms with Crippen molar-refractivity contribution in [1.82, 2.24) is 4.98 Å². The van der Waals surface area contributed by atoms with Crippen LogP contribution >= 0.6 is 11.3 Å². The molecule has 0 saturated carbocycles. The number of ether oxygens (including phenoxy) is 2. The third-order valence-corrected chi connectivity index (χ3v) is 6.73. The normalized spacial score (nSPS) is 15.8. The molecule has 1 atom stereocenters. The zero-order chi connectivity index (χ0) is 24.7. The molecule has 0 saturated heterocycles. The second-order valence-electron chi connectivity index (χ2n) is 7.88. The number of hydrogen-bond acceptors (Lipinski definition) is 8. The quantitative estimate of drug-likeness (QED) is 0.347. The van der Waals surface area contributed by atoms with Crippen LogP contribution in [0.3, 0.4) is 0 Å². The molecule has 4 aromatic rings. The van der Waals surface area contributed by atoms with Crippen LogP contribution in [0.4, 0.5) is 5.13 Å². The summed E-state index contributed by atoms with van der Waals surface area (Å²) in [4.78, 5) is 32.9. The molecule has 0 aliphatic carbocycles. The highest BCUT2D eigenvalue weighted by Crippen LogP contribution is 2.46. The molecule has 35 heavy (non-hydrogen) atoms.